The number of benzene rings is 2. The molecule has 5 rings (SSSR count). The van der Waals surface area contributed by atoms with Gasteiger partial charge in [0.05, 0.1) is 11.7 Å². The molecule has 0 aromatic heterocycles. The Labute approximate surface area is 218 Å². The predicted octanol–water partition coefficient (Wildman–Crippen LogP) is 2.35. The quantitative estimate of drug-likeness (QED) is 0.293. The monoisotopic (exact) mass is 526 g/mol. The number of aliphatic hydroxyl groups is 3. The predicted molar refractivity (Wildman–Crippen MR) is 132 cm³/mol. The summed E-state index contributed by atoms with van der Waals surface area (Å²) < 4.78 is 16.7. The van der Waals surface area contributed by atoms with E-state index in [1.807, 2.05) is 0 Å². The minimum absolute atomic E-state index is 0.0122. The van der Waals surface area contributed by atoms with Crippen LogP contribution in [0.25, 0.3) is 0 Å². The van der Waals surface area contributed by atoms with Crippen LogP contribution in [-0.2, 0) is 9.53 Å². The molecule has 5 atom stereocenters. The van der Waals surface area contributed by atoms with Crippen LogP contribution in [0, 0.1) is 0 Å². The molecule has 0 unspecified atom stereocenters. The van der Waals surface area contributed by atoms with Gasteiger partial charge in [0.25, 0.3) is 0 Å². The molecule has 202 valence electrons. The van der Waals surface area contributed by atoms with E-state index in [0.29, 0.717) is 5.56 Å². The fourth-order valence-electron chi connectivity index (χ4n) is 5.61. The minimum atomic E-state index is -1.61. The van der Waals surface area contributed by atoms with E-state index in [9.17, 15) is 34.8 Å². The lowest BCUT2D eigenvalue weighted by Gasteiger charge is -2.39. The van der Waals surface area contributed by atoms with Crippen molar-refractivity contribution in [3.63, 3.8) is 0 Å². The summed E-state index contributed by atoms with van der Waals surface area (Å²) in [6, 6.07) is 5.47. The van der Waals surface area contributed by atoms with Crippen molar-refractivity contribution in [2.45, 2.75) is 82.6 Å². The van der Waals surface area contributed by atoms with E-state index in [0.717, 1.165) is 32.1 Å². The number of ketones is 2. The Bertz CT molecular complexity index is 1300. The number of carbonyl (C=O) groups is 3. The molecule has 1 heterocycles. The van der Waals surface area contributed by atoms with E-state index in [-0.39, 0.29) is 45.4 Å². The summed E-state index contributed by atoms with van der Waals surface area (Å²) in [6.07, 6.45) is -2.47. The fraction of sp³-hybridized carbons (Fsp3) is 0.464. The van der Waals surface area contributed by atoms with Crippen molar-refractivity contribution in [2.75, 3.05) is 0 Å². The topological polar surface area (TPSA) is 160 Å². The molecule has 0 bridgehead atoms. The van der Waals surface area contributed by atoms with Gasteiger partial charge >= 0.3 is 5.97 Å². The lowest BCUT2D eigenvalue weighted by Crippen LogP contribution is -2.58. The number of aromatic hydroxyl groups is 1. The fourth-order valence-corrected chi connectivity index (χ4v) is 5.61. The van der Waals surface area contributed by atoms with E-state index in [2.05, 4.69) is 0 Å². The smallest absolute Gasteiger partial charge is 0.308 e. The van der Waals surface area contributed by atoms with Crippen molar-refractivity contribution in [3.05, 3.63) is 52.1 Å². The molecule has 0 spiro atoms. The van der Waals surface area contributed by atoms with Crippen LogP contribution in [0.1, 0.15) is 89.3 Å². The Hall–Kier alpha value is -3.31. The first-order chi connectivity index (χ1) is 18.1. The highest BCUT2D eigenvalue weighted by Gasteiger charge is 2.44. The number of esters is 1. The zero-order chi connectivity index (χ0) is 27.3. The Morgan fingerprint density at radius 1 is 0.921 bits per heavy atom. The highest BCUT2D eigenvalue weighted by molar-refractivity contribution is 6.29. The molecule has 2 aromatic rings. The number of rotatable bonds is 4. The molecule has 10 heteroatoms. The van der Waals surface area contributed by atoms with Crippen LogP contribution in [0.5, 0.6) is 17.2 Å². The van der Waals surface area contributed by atoms with Gasteiger partial charge in [0.1, 0.15) is 35.6 Å². The Morgan fingerprint density at radius 3 is 2.32 bits per heavy atom. The van der Waals surface area contributed by atoms with E-state index < -0.39 is 48.2 Å². The molecule has 10 nitrogen and oxygen atoms in total. The first-order valence-electron chi connectivity index (χ1n) is 12.8. The maximum atomic E-state index is 13.6. The summed E-state index contributed by atoms with van der Waals surface area (Å²) in [7, 11) is 0. The zero-order valence-corrected chi connectivity index (χ0v) is 21.0. The molecule has 2 aromatic carbocycles. The van der Waals surface area contributed by atoms with Gasteiger partial charge < -0.3 is 34.6 Å². The Balaban J connectivity index is 1.62. The number of fused-ring (bicyclic) bond motifs is 2. The van der Waals surface area contributed by atoms with E-state index >= 15 is 0 Å². The molecule has 1 saturated heterocycles. The van der Waals surface area contributed by atoms with Gasteiger partial charge in [-0.25, -0.2) is 0 Å². The summed E-state index contributed by atoms with van der Waals surface area (Å²) in [6.45, 7) is 2.73. The first kappa shape index (κ1) is 26.3. The molecule has 0 amide bonds. The summed E-state index contributed by atoms with van der Waals surface area (Å²) in [5.74, 6) is -2.10. The van der Waals surface area contributed by atoms with E-state index in [1.165, 1.54) is 38.1 Å². The largest absolute Gasteiger partial charge is 0.507 e. The third-order valence-corrected chi connectivity index (χ3v) is 7.58. The van der Waals surface area contributed by atoms with Crippen LogP contribution in [-0.4, -0.2) is 68.7 Å². The second-order valence-corrected chi connectivity index (χ2v) is 10.2. The van der Waals surface area contributed by atoms with Crippen molar-refractivity contribution in [1.29, 1.82) is 0 Å². The molecule has 1 aliphatic heterocycles. The number of carbonyl (C=O) groups excluding carboxylic acids is 3. The van der Waals surface area contributed by atoms with Crippen molar-refractivity contribution in [3.8, 4) is 17.2 Å². The summed E-state index contributed by atoms with van der Waals surface area (Å²) >= 11 is 0. The molecule has 4 N–H and O–H groups in total. The van der Waals surface area contributed by atoms with E-state index in [4.69, 9.17) is 14.2 Å². The summed E-state index contributed by atoms with van der Waals surface area (Å²) in [5, 5.41) is 42.3. The van der Waals surface area contributed by atoms with Gasteiger partial charge in [-0.1, -0.05) is 19.3 Å². The SMILES string of the molecule is CC(=O)Oc1ccc2c(c1)C(=O)c1cc(O[C@H]3O[C@H](C)[C@@H](O)[C@@H](O)[C@H]3O)c(C3CCCCC3)c(O)c1C2=O. The lowest BCUT2D eigenvalue weighted by atomic mass is 9.77. The highest BCUT2D eigenvalue weighted by atomic mass is 16.7. The molecule has 0 radical (unpaired) electrons. The zero-order valence-electron chi connectivity index (χ0n) is 21.0. The van der Waals surface area contributed by atoms with Crippen LogP contribution >= 0.6 is 0 Å². The first-order valence-corrected chi connectivity index (χ1v) is 12.8. The number of ether oxygens (including phenoxy) is 3. The van der Waals surface area contributed by atoms with Crippen molar-refractivity contribution in [2.24, 2.45) is 0 Å². The summed E-state index contributed by atoms with van der Waals surface area (Å²) in [5.41, 5.74) is 0.193. The van der Waals surface area contributed by atoms with Crippen LogP contribution in [0.15, 0.2) is 24.3 Å². The van der Waals surface area contributed by atoms with Crippen LogP contribution in [0.2, 0.25) is 0 Å². The minimum Gasteiger partial charge on any atom is -0.507 e. The second-order valence-electron chi connectivity index (χ2n) is 10.2. The number of phenolic OH excluding ortho intramolecular Hbond substituents is 1. The summed E-state index contributed by atoms with van der Waals surface area (Å²) in [4.78, 5) is 38.5. The molecular formula is C28H30O10. The number of phenols is 1. The van der Waals surface area contributed by atoms with Crippen LogP contribution in [0.4, 0.5) is 0 Å². The number of aliphatic hydroxyl groups excluding tert-OH is 3. The molecular weight excluding hydrogens is 496 g/mol. The third-order valence-electron chi connectivity index (χ3n) is 7.58. The van der Waals surface area contributed by atoms with Gasteiger partial charge in [-0.3, -0.25) is 14.4 Å². The molecule has 1 saturated carbocycles. The maximum Gasteiger partial charge on any atom is 0.308 e. The van der Waals surface area contributed by atoms with Crippen LogP contribution in [0.3, 0.4) is 0 Å². The van der Waals surface area contributed by atoms with Gasteiger partial charge in [-0.2, -0.15) is 0 Å². The second kappa shape index (κ2) is 10.1. The lowest BCUT2D eigenvalue weighted by molar-refractivity contribution is -0.268. The van der Waals surface area contributed by atoms with Crippen molar-refractivity contribution in [1.82, 2.24) is 0 Å². The molecule has 38 heavy (non-hydrogen) atoms. The number of hydrogen-bond acceptors (Lipinski definition) is 10. The normalized spacial score (nSPS) is 27.4. The third kappa shape index (κ3) is 4.47. The van der Waals surface area contributed by atoms with Gasteiger partial charge in [0.15, 0.2) is 11.6 Å². The molecule has 2 fully saturated rings. The highest BCUT2D eigenvalue weighted by Crippen LogP contribution is 2.48. The number of hydrogen-bond donors (Lipinski definition) is 4. The molecule has 3 aliphatic rings. The average Bonchev–Trinajstić information content (AvgIpc) is 2.89. The van der Waals surface area contributed by atoms with Gasteiger partial charge in [0.2, 0.25) is 6.29 Å². The van der Waals surface area contributed by atoms with Gasteiger partial charge in [-0.15, -0.1) is 0 Å². The van der Waals surface area contributed by atoms with E-state index in [1.54, 1.807) is 0 Å². The van der Waals surface area contributed by atoms with Crippen molar-refractivity contribution < 1.29 is 49.0 Å². The average molecular weight is 527 g/mol. The maximum absolute atomic E-state index is 13.6. The molecule has 2 aliphatic carbocycles. The van der Waals surface area contributed by atoms with Gasteiger partial charge in [-0.05, 0) is 49.9 Å². The standard InChI is InChI=1S/C28H30O10/c1-12-22(30)26(34)27(35)28(36-12)38-19-11-18-21(25(33)20(19)14-6-4-3-5-7-14)24(32)16-9-8-15(37-13(2)29)10-17(16)23(18)31/h8-12,14,22,26-28,30,33-35H,3-7H2,1-2H3/t12-,22-,26-,27-,28-/m1/s1. The van der Waals surface area contributed by atoms with Crippen LogP contribution < -0.4 is 9.47 Å². The Morgan fingerprint density at radius 2 is 1.63 bits per heavy atom. The van der Waals surface area contributed by atoms with Gasteiger partial charge in [0, 0.05) is 29.2 Å². The van der Waals surface area contributed by atoms with Crippen molar-refractivity contribution >= 4 is 17.5 Å². The Kier molecular flexibility index (Phi) is 6.99.